The molecule has 172 valence electrons. The largest absolute Gasteiger partial charge is 0.329 e. The van der Waals surface area contributed by atoms with Gasteiger partial charge >= 0.3 is 0 Å². The third kappa shape index (κ3) is 3.33. The second-order valence-electron chi connectivity index (χ2n) is 9.57. The van der Waals surface area contributed by atoms with E-state index in [2.05, 4.69) is 30.6 Å². The predicted molar refractivity (Wildman–Crippen MR) is 123 cm³/mol. The summed E-state index contributed by atoms with van der Waals surface area (Å²) in [6.45, 7) is 2.22. The van der Waals surface area contributed by atoms with E-state index in [-0.39, 0.29) is 11.8 Å². The van der Waals surface area contributed by atoms with E-state index in [1.807, 2.05) is 29.3 Å². The molecule has 1 saturated carbocycles. The van der Waals surface area contributed by atoms with Crippen LogP contribution in [-0.4, -0.2) is 66.7 Å². The molecule has 2 aliphatic heterocycles. The third-order valence-corrected chi connectivity index (χ3v) is 7.79. The predicted octanol–water partition coefficient (Wildman–Crippen LogP) is 2.59. The van der Waals surface area contributed by atoms with E-state index in [1.54, 1.807) is 6.20 Å². The normalized spacial score (nSPS) is 22.5. The number of carbonyl (C=O) groups excluding carboxylic acids is 2. The number of likely N-dealkylation sites (tertiary alicyclic amines) is 1. The summed E-state index contributed by atoms with van der Waals surface area (Å²) in [4.78, 5) is 31.7. The first kappa shape index (κ1) is 20.4. The van der Waals surface area contributed by atoms with Crippen molar-refractivity contribution < 1.29 is 9.59 Å². The van der Waals surface area contributed by atoms with Crippen LogP contribution in [0.5, 0.6) is 0 Å². The van der Waals surface area contributed by atoms with Gasteiger partial charge in [-0.05, 0) is 37.8 Å². The minimum absolute atomic E-state index is 0.113. The van der Waals surface area contributed by atoms with Gasteiger partial charge < -0.3 is 10.2 Å². The number of H-pyrrole nitrogens is 2. The van der Waals surface area contributed by atoms with Crippen LogP contribution in [0.2, 0.25) is 0 Å². The minimum atomic E-state index is -0.512. The number of carbonyl (C=O) groups is 2. The average molecular weight is 448 g/mol. The van der Waals surface area contributed by atoms with Gasteiger partial charge in [-0.3, -0.25) is 24.7 Å². The first-order valence-electron chi connectivity index (χ1n) is 12.0. The van der Waals surface area contributed by atoms with Gasteiger partial charge in [0.1, 0.15) is 11.6 Å². The van der Waals surface area contributed by atoms with E-state index in [0.717, 1.165) is 68.2 Å². The molecule has 0 unspecified atom stereocenters. The second kappa shape index (κ2) is 7.98. The van der Waals surface area contributed by atoms with Crippen LogP contribution in [-0.2, 0) is 22.6 Å². The highest BCUT2D eigenvalue weighted by molar-refractivity contribution is 6.04. The lowest BCUT2D eigenvalue weighted by molar-refractivity contribution is -0.148. The van der Waals surface area contributed by atoms with E-state index >= 15 is 0 Å². The van der Waals surface area contributed by atoms with Gasteiger partial charge in [-0.1, -0.05) is 18.9 Å². The highest BCUT2D eigenvalue weighted by atomic mass is 16.2. The van der Waals surface area contributed by atoms with E-state index in [0.29, 0.717) is 13.0 Å². The number of aromatic nitrogens is 4. The summed E-state index contributed by atoms with van der Waals surface area (Å²) in [6.07, 6.45) is 9.84. The van der Waals surface area contributed by atoms with Crippen LogP contribution in [0.15, 0.2) is 30.6 Å². The van der Waals surface area contributed by atoms with Crippen molar-refractivity contribution >= 4 is 28.4 Å². The first-order chi connectivity index (χ1) is 16.2. The first-order valence-corrected chi connectivity index (χ1v) is 12.0. The maximum absolute atomic E-state index is 14.1. The Morgan fingerprint density at radius 1 is 1.06 bits per heavy atom. The van der Waals surface area contributed by atoms with Crippen LogP contribution in [0.25, 0.3) is 10.9 Å². The number of rotatable bonds is 4. The molecule has 2 aromatic heterocycles. The number of hydrogen-bond acceptors (Lipinski definition) is 5. The maximum Gasteiger partial charge on any atom is 0.247 e. The lowest BCUT2D eigenvalue weighted by Crippen LogP contribution is -2.61. The molecule has 33 heavy (non-hydrogen) atoms. The number of benzene rings is 1. The Morgan fingerprint density at radius 2 is 1.91 bits per heavy atom. The van der Waals surface area contributed by atoms with E-state index < -0.39 is 11.6 Å². The molecule has 2 fully saturated rings. The molecule has 0 radical (unpaired) electrons. The van der Waals surface area contributed by atoms with Crippen LogP contribution in [0, 0.1) is 0 Å². The van der Waals surface area contributed by atoms with Gasteiger partial charge in [0.05, 0.1) is 23.6 Å². The smallest absolute Gasteiger partial charge is 0.247 e. The minimum Gasteiger partial charge on any atom is -0.329 e. The van der Waals surface area contributed by atoms with Crippen molar-refractivity contribution in [3.8, 4) is 0 Å². The molecule has 4 heterocycles. The molecule has 9 heteroatoms. The molecule has 3 N–H and O–H groups in total. The topological polar surface area (TPSA) is 110 Å². The Kier molecular flexibility index (Phi) is 4.94. The zero-order valence-electron chi connectivity index (χ0n) is 18.6. The molecular weight excluding hydrogens is 418 g/mol. The van der Waals surface area contributed by atoms with Crippen molar-refractivity contribution in [3.05, 3.63) is 41.9 Å². The Hall–Kier alpha value is -3.20. The Morgan fingerprint density at radius 3 is 2.79 bits per heavy atom. The van der Waals surface area contributed by atoms with Crippen molar-refractivity contribution in [3.63, 3.8) is 0 Å². The zero-order chi connectivity index (χ0) is 22.4. The van der Waals surface area contributed by atoms with Crippen molar-refractivity contribution in [2.75, 3.05) is 18.4 Å². The fraction of sp³-hybridized carbons (Fsp3) is 0.500. The summed E-state index contributed by atoms with van der Waals surface area (Å²) in [6, 6.07) is 5.26. The number of nitrogens with zero attached hydrogens (tertiary/aromatic N) is 4. The SMILES string of the molecule is O=C(Nc1cccc2[nH]ncc12)[C@H]1CCCN1C(=O)C1(N2CCc3[nH]ncc3C2)CCCC1. The maximum atomic E-state index is 14.1. The van der Waals surface area contributed by atoms with Crippen molar-refractivity contribution in [2.45, 2.75) is 63.1 Å². The molecule has 3 aromatic rings. The molecule has 1 atom stereocenters. The van der Waals surface area contributed by atoms with Gasteiger partial charge in [0.2, 0.25) is 11.8 Å². The monoisotopic (exact) mass is 447 g/mol. The van der Waals surface area contributed by atoms with E-state index in [9.17, 15) is 9.59 Å². The molecule has 1 saturated heterocycles. The summed E-state index contributed by atoms with van der Waals surface area (Å²) in [5, 5.41) is 18.2. The van der Waals surface area contributed by atoms with E-state index in [4.69, 9.17) is 0 Å². The Labute approximate surface area is 191 Å². The van der Waals surface area contributed by atoms with Crippen molar-refractivity contribution in [2.24, 2.45) is 0 Å². The highest BCUT2D eigenvalue weighted by Crippen LogP contribution is 2.41. The molecular formula is C24H29N7O2. The summed E-state index contributed by atoms with van der Waals surface area (Å²) in [7, 11) is 0. The van der Waals surface area contributed by atoms with Gasteiger partial charge in [0, 0.05) is 42.7 Å². The van der Waals surface area contributed by atoms with Gasteiger partial charge in [-0.25, -0.2) is 0 Å². The number of nitrogens with one attached hydrogen (secondary N) is 3. The van der Waals surface area contributed by atoms with Gasteiger partial charge in [-0.2, -0.15) is 10.2 Å². The molecule has 2 amide bonds. The molecule has 0 spiro atoms. The van der Waals surface area contributed by atoms with Crippen LogP contribution in [0.1, 0.15) is 49.8 Å². The van der Waals surface area contributed by atoms with Gasteiger partial charge in [0.15, 0.2) is 0 Å². The van der Waals surface area contributed by atoms with Crippen LogP contribution in [0.4, 0.5) is 5.69 Å². The summed E-state index contributed by atoms with van der Waals surface area (Å²) < 4.78 is 0. The van der Waals surface area contributed by atoms with Crippen LogP contribution in [0.3, 0.4) is 0 Å². The molecule has 6 rings (SSSR count). The quantitative estimate of drug-likeness (QED) is 0.569. The number of amides is 2. The lowest BCUT2D eigenvalue weighted by Gasteiger charge is -2.44. The highest BCUT2D eigenvalue weighted by Gasteiger charge is 2.51. The lowest BCUT2D eigenvalue weighted by atomic mass is 9.89. The third-order valence-electron chi connectivity index (χ3n) is 7.79. The van der Waals surface area contributed by atoms with Crippen LogP contribution >= 0.6 is 0 Å². The number of fused-ring (bicyclic) bond motifs is 2. The molecule has 0 bridgehead atoms. The number of hydrogen-bond donors (Lipinski definition) is 3. The molecule has 1 aromatic carbocycles. The van der Waals surface area contributed by atoms with Crippen molar-refractivity contribution in [1.29, 1.82) is 0 Å². The summed E-state index contributed by atoms with van der Waals surface area (Å²) in [5.74, 6) is 0.0181. The number of anilines is 1. The Balaban J connectivity index is 1.24. The fourth-order valence-corrected chi connectivity index (χ4v) is 6.06. The Bertz CT molecular complexity index is 1190. The molecule has 1 aliphatic carbocycles. The summed E-state index contributed by atoms with van der Waals surface area (Å²) in [5.41, 5.74) is 3.45. The summed E-state index contributed by atoms with van der Waals surface area (Å²) >= 11 is 0. The second-order valence-corrected chi connectivity index (χ2v) is 9.57. The fourth-order valence-electron chi connectivity index (χ4n) is 6.06. The number of aromatic amines is 2. The van der Waals surface area contributed by atoms with Gasteiger partial charge in [0.25, 0.3) is 0 Å². The average Bonchev–Trinajstić information content (AvgIpc) is 3.63. The van der Waals surface area contributed by atoms with Crippen molar-refractivity contribution in [1.82, 2.24) is 30.2 Å². The standard InChI is InChI=1S/C24H29N7O2/c32-22(27-19-5-3-6-20-17(19)14-26-29-20)21-7-4-11-31(21)23(33)24(9-1-2-10-24)30-12-8-18-16(15-30)13-25-28-18/h3,5-6,13-14,21H,1-2,4,7-12,15H2,(H,25,28)(H,26,29)(H,27,32)/t21-/m1/s1. The van der Waals surface area contributed by atoms with Gasteiger partial charge in [-0.15, -0.1) is 0 Å². The zero-order valence-corrected chi connectivity index (χ0v) is 18.6. The van der Waals surface area contributed by atoms with Crippen LogP contribution < -0.4 is 5.32 Å². The molecule has 3 aliphatic rings. The van der Waals surface area contributed by atoms with E-state index in [1.165, 1.54) is 11.3 Å². The molecule has 9 nitrogen and oxygen atoms in total.